The SMILES string of the molecule is Cc1cnoc1C(=O)Nc1ccc(F)cc1C#CCCO. The molecule has 6 heteroatoms. The number of aryl methyl sites for hydroxylation is 1. The van der Waals surface area contributed by atoms with E-state index in [1.807, 2.05) is 0 Å². The standard InChI is InChI=1S/C15H13FN2O3/c1-10-9-17-21-14(10)15(20)18-13-6-5-12(16)8-11(13)4-2-3-7-19/h5-6,8-9,19H,3,7H2,1H3,(H,18,20). The molecule has 0 saturated heterocycles. The Morgan fingerprint density at radius 1 is 1.52 bits per heavy atom. The summed E-state index contributed by atoms with van der Waals surface area (Å²) in [4.78, 5) is 12.0. The van der Waals surface area contributed by atoms with Gasteiger partial charge in [-0.25, -0.2) is 4.39 Å². The molecule has 2 N–H and O–H groups in total. The molecule has 0 aliphatic rings. The van der Waals surface area contributed by atoms with Gasteiger partial charge in [-0.2, -0.15) is 0 Å². The molecule has 0 unspecified atom stereocenters. The number of carbonyl (C=O) groups excluding carboxylic acids is 1. The van der Waals surface area contributed by atoms with Crippen molar-refractivity contribution >= 4 is 11.6 Å². The summed E-state index contributed by atoms with van der Waals surface area (Å²) in [6, 6.07) is 3.86. The van der Waals surface area contributed by atoms with Crippen molar-refractivity contribution in [2.45, 2.75) is 13.3 Å². The van der Waals surface area contributed by atoms with Gasteiger partial charge in [0.1, 0.15) is 5.82 Å². The molecule has 0 bridgehead atoms. The van der Waals surface area contributed by atoms with Crippen LogP contribution in [0.2, 0.25) is 0 Å². The van der Waals surface area contributed by atoms with E-state index in [-0.39, 0.29) is 18.8 Å². The van der Waals surface area contributed by atoms with E-state index >= 15 is 0 Å². The predicted molar refractivity (Wildman–Crippen MR) is 74.2 cm³/mol. The molecule has 5 nitrogen and oxygen atoms in total. The second-order valence-corrected chi connectivity index (χ2v) is 4.26. The molecule has 0 radical (unpaired) electrons. The number of rotatable bonds is 3. The van der Waals surface area contributed by atoms with Crippen LogP contribution >= 0.6 is 0 Å². The van der Waals surface area contributed by atoms with Crippen molar-refractivity contribution in [2.24, 2.45) is 0 Å². The van der Waals surface area contributed by atoms with Crippen molar-refractivity contribution < 1.29 is 18.8 Å². The van der Waals surface area contributed by atoms with Gasteiger partial charge in [0.05, 0.1) is 24.1 Å². The van der Waals surface area contributed by atoms with Gasteiger partial charge in [0.15, 0.2) is 0 Å². The highest BCUT2D eigenvalue weighted by Crippen LogP contribution is 2.18. The summed E-state index contributed by atoms with van der Waals surface area (Å²) in [6.45, 7) is 1.61. The number of aliphatic hydroxyl groups is 1. The number of benzene rings is 1. The minimum atomic E-state index is -0.484. The van der Waals surface area contributed by atoms with Crippen molar-refractivity contribution in [1.82, 2.24) is 5.16 Å². The van der Waals surface area contributed by atoms with Crippen molar-refractivity contribution in [3.05, 3.63) is 47.1 Å². The summed E-state index contributed by atoms with van der Waals surface area (Å²) in [5.74, 6) is 4.54. The summed E-state index contributed by atoms with van der Waals surface area (Å²) in [6.07, 6.45) is 1.70. The molecule has 0 saturated carbocycles. The van der Waals surface area contributed by atoms with Crippen LogP contribution in [0.25, 0.3) is 0 Å². The van der Waals surface area contributed by atoms with E-state index in [0.717, 1.165) is 0 Å². The molecule has 1 aromatic carbocycles. The normalized spacial score (nSPS) is 9.86. The minimum absolute atomic E-state index is 0.0821. The Kier molecular flexibility index (Phi) is 4.69. The lowest BCUT2D eigenvalue weighted by molar-refractivity contribution is 0.0987. The monoisotopic (exact) mass is 288 g/mol. The Hall–Kier alpha value is -2.65. The van der Waals surface area contributed by atoms with Crippen LogP contribution in [0, 0.1) is 24.6 Å². The van der Waals surface area contributed by atoms with E-state index in [1.54, 1.807) is 6.92 Å². The molecular weight excluding hydrogens is 275 g/mol. The third kappa shape index (κ3) is 3.68. The maximum absolute atomic E-state index is 13.3. The molecule has 2 aromatic rings. The van der Waals surface area contributed by atoms with E-state index < -0.39 is 11.7 Å². The highest BCUT2D eigenvalue weighted by molar-refractivity contribution is 6.03. The van der Waals surface area contributed by atoms with Crippen LogP contribution in [-0.4, -0.2) is 22.8 Å². The third-order valence-corrected chi connectivity index (χ3v) is 2.64. The van der Waals surface area contributed by atoms with Crippen LogP contribution in [0.3, 0.4) is 0 Å². The van der Waals surface area contributed by atoms with E-state index in [1.165, 1.54) is 24.4 Å². The van der Waals surface area contributed by atoms with Crippen LogP contribution in [0.1, 0.15) is 28.1 Å². The molecule has 108 valence electrons. The number of hydrogen-bond acceptors (Lipinski definition) is 4. The molecule has 1 amide bonds. The number of halogens is 1. The Bertz CT molecular complexity index is 713. The number of nitrogens with zero attached hydrogens (tertiary/aromatic N) is 1. The van der Waals surface area contributed by atoms with Crippen LogP contribution in [0.5, 0.6) is 0 Å². The van der Waals surface area contributed by atoms with E-state index in [2.05, 4.69) is 22.3 Å². The van der Waals surface area contributed by atoms with Crippen LogP contribution in [0.4, 0.5) is 10.1 Å². The predicted octanol–water partition coefficient (Wildman–Crippen LogP) is 2.11. The molecule has 21 heavy (non-hydrogen) atoms. The number of aliphatic hydroxyl groups excluding tert-OH is 1. The first-order chi connectivity index (χ1) is 10.1. The lowest BCUT2D eigenvalue weighted by Gasteiger charge is -2.06. The molecule has 0 fully saturated rings. The second kappa shape index (κ2) is 6.68. The quantitative estimate of drug-likeness (QED) is 0.848. The second-order valence-electron chi connectivity index (χ2n) is 4.26. The zero-order chi connectivity index (χ0) is 15.2. The molecule has 0 atom stereocenters. The summed E-state index contributed by atoms with van der Waals surface area (Å²) < 4.78 is 18.1. The van der Waals surface area contributed by atoms with Crippen molar-refractivity contribution in [1.29, 1.82) is 0 Å². The van der Waals surface area contributed by atoms with Crippen LogP contribution in [-0.2, 0) is 0 Å². The van der Waals surface area contributed by atoms with Gasteiger partial charge in [-0.1, -0.05) is 17.0 Å². The van der Waals surface area contributed by atoms with Crippen molar-refractivity contribution in [2.75, 3.05) is 11.9 Å². The Morgan fingerprint density at radius 2 is 2.33 bits per heavy atom. The van der Waals surface area contributed by atoms with Gasteiger partial charge in [0.25, 0.3) is 5.91 Å². The van der Waals surface area contributed by atoms with Gasteiger partial charge in [-0.15, -0.1) is 0 Å². The molecule has 0 aliphatic carbocycles. The molecule has 2 rings (SSSR count). The Balaban J connectivity index is 2.26. The first-order valence-electron chi connectivity index (χ1n) is 6.23. The molecule has 0 spiro atoms. The number of hydrogen-bond donors (Lipinski definition) is 2. The number of nitrogens with one attached hydrogen (secondary N) is 1. The highest BCUT2D eigenvalue weighted by atomic mass is 19.1. The fraction of sp³-hybridized carbons (Fsp3) is 0.200. The van der Waals surface area contributed by atoms with E-state index in [0.29, 0.717) is 16.8 Å². The van der Waals surface area contributed by atoms with Gasteiger partial charge in [-0.3, -0.25) is 4.79 Å². The minimum Gasteiger partial charge on any atom is -0.395 e. The average Bonchev–Trinajstić information content (AvgIpc) is 2.88. The lowest BCUT2D eigenvalue weighted by Crippen LogP contribution is -2.13. The van der Waals surface area contributed by atoms with Gasteiger partial charge >= 0.3 is 0 Å². The summed E-state index contributed by atoms with van der Waals surface area (Å²) in [5.41, 5.74) is 1.29. The fourth-order valence-corrected chi connectivity index (χ4v) is 1.63. The lowest BCUT2D eigenvalue weighted by atomic mass is 10.1. The number of anilines is 1. The first kappa shape index (κ1) is 14.8. The largest absolute Gasteiger partial charge is 0.395 e. The molecular formula is C15H13FN2O3. The maximum atomic E-state index is 13.3. The third-order valence-electron chi connectivity index (χ3n) is 2.64. The number of amides is 1. The van der Waals surface area contributed by atoms with E-state index in [9.17, 15) is 9.18 Å². The van der Waals surface area contributed by atoms with Crippen molar-refractivity contribution in [3.8, 4) is 11.8 Å². The zero-order valence-electron chi connectivity index (χ0n) is 11.3. The van der Waals surface area contributed by atoms with Gasteiger partial charge in [0.2, 0.25) is 5.76 Å². The van der Waals surface area contributed by atoms with Gasteiger partial charge < -0.3 is 14.9 Å². The molecule has 1 aromatic heterocycles. The van der Waals surface area contributed by atoms with Gasteiger partial charge in [-0.05, 0) is 25.1 Å². The maximum Gasteiger partial charge on any atom is 0.294 e. The Labute approximate surface area is 120 Å². The summed E-state index contributed by atoms with van der Waals surface area (Å²) in [5, 5.41) is 14.8. The molecule has 1 heterocycles. The summed E-state index contributed by atoms with van der Waals surface area (Å²) >= 11 is 0. The molecule has 0 aliphatic heterocycles. The van der Waals surface area contributed by atoms with Crippen molar-refractivity contribution in [3.63, 3.8) is 0 Å². The zero-order valence-corrected chi connectivity index (χ0v) is 11.3. The average molecular weight is 288 g/mol. The number of aromatic nitrogens is 1. The number of carbonyl (C=O) groups is 1. The topological polar surface area (TPSA) is 75.4 Å². The van der Waals surface area contributed by atoms with E-state index in [4.69, 9.17) is 9.63 Å². The smallest absolute Gasteiger partial charge is 0.294 e. The highest BCUT2D eigenvalue weighted by Gasteiger charge is 2.15. The fourth-order valence-electron chi connectivity index (χ4n) is 1.63. The Morgan fingerprint density at radius 3 is 3.00 bits per heavy atom. The first-order valence-corrected chi connectivity index (χ1v) is 6.23. The van der Waals surface area contributed by atoms with Crippen LogP contribution < -0.4 is 5.32 Å². The van der Waals surface area contributed by atoms with Crippen LogP contribution in [0.15, 0.2) is 28.9 Å². The summed E-state index contributed by atoms with van der Waals surface area (Å²) in [7, 11) is 0. The van der Waals surface area contributed by atoms with Gasteiger partial charge in [0, 0.05) is 12.0 Å².